The second-order valence-corrected chi connectivity index (χ2v) is 5.81. The Hall–Kier alpha value is -0.630. The van der Waals surface area contributed by atoms with Gasteiger partial charge >= 0.3 is 0 Å². The summed E-state index contributed by atoms with van der Waals surface area (Å²) in [5, 5.41) is 9.93. The largest absolute Gasteiger partial charge is 0.385 e. The molecule has 1 saturated carbocycles. The maximum Gasteiger partial charge on any atom is 0.162 e. The SMILES string of the molecule is CC1=CC2C(O)C(=O)CC(C)(C)C2CC1. The zero-order valence-corrected chi connectivity index (χ0v) is 9.79. The Balaban J connectivity index is 2.34. The highest BCUT2D eigenvalue weighted by molar-refractivity contribution is 5.85. The van der Waals surface area contributed by atoms with E-state index < -0.39 is 6.10 Å². The molecule has 1 N–H and O–H groups in total. The summed E-state index contributed by atoms with van der Waals surface area (Å²) >= 11 is 0. The molecule has 0 aliphatic heterocycles. The molecule has 2 aliphatic rings. The van der Waals surface area contributed by atoms with Crippen LogP contribution in [0.5, 0.6) is 0 Å². The first-order valence-electron chi connectivity index (χ1n) is 5.80. The highest BCUT2D eigenvalue weighted by Crippen LogP contribution is 2.48. The molecule has 0 amide bonds. The Labute approximate surface area is 91.4 Å². The van der Waals surface area contributed by atoms with Gasteiger partial charge in [0.15, 0.2) is 5.78 Å². The standard InChI is InChI=1S/C13H20O2/c1-8-4-5-10-9(6-8)12(15)11(14)7-13(10,2)3/h6,9-10,12,15H,4-5,7H2,1-3H3. The fraction of sp³-hybridized carbons (Fsp3) is 0.769. The number of Topliss-reactive ketones (excluding diaryl/α,β-unsaturated/α-hetero) is 1. The molecule has 0 aromatic rings. The lowest BCUT2D eigenvalue weighted by Gasteiger charge is -2.46. The van der Waals surface area contributed by atoms with Crippen LogP contribution in [-0.2, 0) is 4.79 Å². The van der Waals surface area contributed by atoms with Crippen molar-refractivity contribution in [1.82, 2.24) is 0 Å². The fourth-order valence-corrected chi connectivity index (χ4v) is 3.23. The molecular weight excluding hydrogens is 188 g/mol. The van der Waals surface area contributed by atoms with Crippen LogP contribution in [0.25, 0.3) is 0 Å². The first-order valence-corrected chi connectivity index (χ1v) is 5.80. The van der Waals surface area contributed by atoms with Gasteiger partial charge in [-0.3, -0.25) is 4.79 Å². The third-order valence-electron chi connectivity index (χ3n) is 4.12. The summed E-state index contributed by atoms with van der Waals surface area (Å²) in [6, 6.07) is 0. The topological polar surface area (TPSA) is 37.3 Å². The van der Waals surface area contributed by atoms with Gasteiger partial charge in [-0.2, -0.15) is 0 Å². The van der Waals surface area contributed by atoms with E-state index in [1.807, 2.05) is 0 Å². The number of fused-ring (bicyclic) bond motifs is 1. The number of carbonyl (C=O) groups is 1. The van der Waals surface area contributed by atoms with Crippen molar-refractivity contribution < 1.29 is 9.90 Å². The number of aliphatic hydroxyl groups is 1. The van der Waals surface area contributed by atoms with Gasteiger partial charge in [0, 0.05) is 12.3 Å². The molecule has 3 atom stereocenters. The lowest BCUT2D eigenvalue weighted by molar-refractivity contribution is -0.140. The van der Waals surface area contributed by atoms with Crippen molar-refractivity contribution in [3.63, 3.8) is 0 Å². The van der Waals surface area contributed by atoms with Crippen LogP contribution in [0.3, 0.4) is 0 Å². The number of ketones is 1. The monoisotopic (exact) mass is 208 g/mol. The van der Waals surface area contributed by atoms with E-state index in [0.717, 1.165) is 12.8 Å². The molecule has 0 heterocycles. The van der Waals surface area contributed by atoms with E-state index in [1.54, 1.807) is 0 Å². The van der Waals surface area contributed by atoms with Gasteiger partial charge < -0.3 is 5.11 Å². The van der Waals surface area contributed by atoms with Crippen LogP contribution in [0.15, 0.2) is 11.6 Å². The number of rotatable bonds is 0. The van der Waals surface area contributed by atoms with E-state index in [2.05, 4.69) is 26.8 Å². The maximum absolute atomic E-state index is 11.7. The number of allylic oxidation sites excluding steroid dienone is 1. The molecule has 0 radical (unpaired) electrons. The van der Waals surface area contributed by atoms with Crippen LogP contribution in [0.2, 0.25) is 0 Å². The van der Waals surface area contributed by atoms with Crippen LogP contribution in [0, 0.1) is 17.3 Å². The molecule has 15 heavy (non-hydrogen) atoms. The van der Waals surface area contributed by atoms with Crippen LogP contribution < -0.4 is 0 Å². The first-order chi connectivity index (χ1) is 6.92. The van der Waals surface area contributed by atoms with Crippen LogP contribution >= 0.6 is 0 Å². The van der Waals surface area contributed by atoms with Crippen LogP contribution in [-0.4, -0.2) is 17.0 Å². The predicted molar refractivity (Wildman–Crippen MR) is 59.4 cm³/mol. The first kappa shape index (κ1) is 10.9. The average Bonchev–Trinajstić information content (AvgIpc) is 2.13. The molecule has 2 rings (SSSR count). The molecule has 0 bridgehead atoms. The minimum Gasteiger partial charge on any atom is -0.385 e. The van der Waals surface area contributed by atoms with E-state index in [0.29, 0.717) is 12.3 Å². The zero-order chi connectivity index (χ0) is 11.2. The Kier molecular flexibility index (Phi) is 2.50. The smallest absolute Gasteiger partial charge is 0.162 e. The number of carbonyl (C=O) groups excluding carboxylic acids is 1. The lowest BCUT2D eigenvalue weighted by Crippen LogP contribution is -2.48. The van der Waals surface area contributed by atoms with Gasteiger partial charge in [0.1, 0.15) is 6.10 Å². The molecule has 2 nitrogen and oxygen atoms in total. The summed E-state index contributed by atoms with van der Waals surface area (Å²) in [5.41, 5.74) is 1.37. The van der Waals surface area contributed by atoms with Gasteiger partial charge in [0.05, 0.1) is 0 Å². The lowest BCUT2D eigenvalue weighted by atomic mass is 9.58. The summed E-state index contributed by atoms with van der Waals surface area (Å²) < 4.78 is 0. The Bertz CT molecular complexity index is 314. The Morgan fingerprint density at radius 3 is 2.80 bits per heavy atom. The fourth-order valence-electron chi connectivity index (χ4n) is 3.23. The van der Waals surface area contributed by atoms with Crippen molar-refractivity contribution in [3.8, 4) is 0 Å². The normalized spacial score (nSPS) is 39.6. The molecule has 0 saturated heterocycles. The van der Waals surface area contributed by atoms with Crippen molar-refractivity contribution >= 4 is 5.78 Å². The summed E-state index contributed by atoms with van der Waals surface area (Å²) in [7, 11) is 0. The molecule has 0 aromatic heterocycles. The predicted octanol–water partition coefficient (Wildman–Crippen LogP) is 2.32. The number of aliphatic hydroxyl groups excluding tert-OH is 1. The van der Waals surface area contributed by atoms with E-state index in [4.69, 9.17) is 0 Å². The van der Waals surface area contributed by atoms with Gasteiger partial charge in [0.2, 0.25) is 0 Å². The summed E-state index contributed by atoms with van der Waals surface area (Å²) in [5.74, 6) is 0.552. The van der Waals surface area contributed by atoms with Crippen molar-refractivity contribution in [2.24, 2.45) is 17.3 Å². The summed E-state index contributed by atoms with van der Waals surface area (Å²) in [6.45, 7) is 6.40. The summed E-state index contributed by atoms with van der Waals surface area (Å²) in [4.78, 5) is 11.7. The second kappa shape index (κ2) is 3.44. The molecule has 84 valence electrons. The highest BCUT2D eigenvalue weighted by atomic mass is 16.3. The summed E-state index contributed by atoms with van der Waals surface area (Å²) in [6.07, 6.45) is 4.13. The van der Waals surface area contributed by atoms with Gasteiger partial charge in [-0.1, -0.05) is 25.5 Å². The van der Waals surface area contributed by atoms with Crippen LogP contribution in [0.4, 0.5) is 0 Å². The van der Waals surface area contributed by atoms with E-state index >= 15 is 0 Å². The number of hydrogen-bond acceptors (Lipinski definition) is 2. The van der Waals surface area contributed by atoms with Crippen molar-refractivity contribution in [3.05, 3.63) is 11.6 Å². The maximum atomic E-state index is 11.7. The van der Waals surface area contributed by atoms with Gasteiger partial charge in [-0.25, -0.2) is 0 Å². The third kappa shape index (κ3) is 1.76. The second-order valence-electron chi connectivity index (χ2n) is 5.81. The molecule has 2 aliphatic carbocycles. The Morgan fingerprint density at radius 2 is 2.13 bits per heavy atom. The van der Waals surface area contributed by atoms with Gasteiger partial charge in [0.25, 0.3) is 0 Å². The van der Waals surface area contributed by atoms with Gasteiger partial charge in [-0.15, -0.1) is 0 Å². The third-order valence-corrected chi connectivity index (χ3v) is 4.12. The van der Waals surface area contributed by atoms with E-state index in [-0.39, 0.29) is 17.1 Å². The molecule has 3 unspecified atom stereocenters. The Morgan fingerprint density at radius 1 is 1.47 bits per heavy atom. The van der Waals surface area contributed by atoms with Gasteiger partial charge in [-0.05, 0) is 31.1 Å². The van der Waals surface area contributed by atoms with E-state index in [1.165, 1.54) is 5.57 Å². The quantitative estimate of drug-likeness (QED) is 0.620. The molecule has 2 heteroatoms. The minimum absolute atomic E-state index is 0.0206. The molecule has 1 fully saturated rings. The molecule has 0 aromatic carbocycles. The number of hydrogen-bond donors (Lipinski definition) is 1. The highest BCUT2D eigenvalue weighted by Gasteiger charge is 2.47. The van der Waals surface area contributed by atoms with Crippen molar-refractivity contribution in [2.45, 2.75) is 46.1 Å². The molecular formula is C13H20O2. The zero-order valence-electron chi connectivity index (χ0n) is 9.79. The molecule has 0 spiro atoms. The minimum atomic E-state index is -0.752. The van der Waals surface area contributed by atoms with Crippen LogP contribution in [0.1, 0.15) is 40.0 Å². The van der Waals surface area contributed by atoms with Crippen molar-refractivity contribution in [1.29, 1.82) is 0 Å². The average molecular weight is 208 g/mol. The van der Waals surface area contributed by atoms with Crippen molar-refractivity contribution in [2.75, 3.05) is 0 Å². The van der Waals surface area contributed by atoms with E-state index in [9.17, 15) is 9.90 Å².